The molecular formula is C20H24O9. The van der Waals surface area contributed by atoms with E-state index in [1.807, 2.05) is 20.8 Å². The second kappa shape index (κ2) is 4.48. The van der Waals surface area contributed by atoms with Gasteiger partial charge in [-0.05, 0) is 24.7 Å². The number of hydrogen-bond donors (Lipinski definition) is 2. The number of hydrogen-bond acceptors (Lipinski definition) is 9. The minimum atomic E-state index is -1.97. The fourth-order valence-corrected chi connectivity index (χ4v) is 8.06. The first-order valence-corrected chi connectivity index (χ1v) is 10.1. The molecule has 4 unspecified atom stereocenters. The molecule has 6 fully saturated rings. The van der Waals surface area contributed by atoms with Gasteiger partial charge in [0.15, 0.2) is 11.7 Å². The molecule has 0 amide bonds. The predicted octanol–water partition coefficient (Wildman–Crippen LogP) is -0.340. The highest BCUT2D eigenvalue weighted by Gasteiger charge is 3.01. The summed E-state index contributed by atoms with van der Waals surface area (Å²) in [6, 6.07) is 0. The van der Waals surface area contributed by atoms with E-state index in [2.05, 4.69) is 0 Å². The van der Waals surface area contributed by atoms with Gasteiger partial charge in [-0.15, -0.1) is 0 Å². The summed E-state index contributed by atoms with van der Waals surface area (Å²) >= 11 is 0. The quantitative estimate of drug-likeness (QED) is 0.408. The molecule has 0 bridgehead atoms. The molecule has 2 N–H and O–H groups in total. The molecule has 0 aromatic carbocycles. The molecule has 0 radical (unpaired) electrons. The zero-order chi connectivity index (χ0) is 20.9. The van der Waals surface area contributed by atoms with Crippen LogP contribution in [-0.2, 0) is 33.3 Å². The average molecular weight is 408 g/mol. The molecule has 10 atom stereocenters. The van der Waals surface area contributed by atoms with E-state index in [0.717, 1.165) is 0 Å². The highest BCUT2D eigenvalue weighted by molar-refractivity contribution is 5.93. The smallest absolute Gasteiger partial charge is 0.342 e. The molecule has 4 aliphatic heterocycles. The topological polar surface area (TPSA) is 129 Å². The minimum absolute atomic E-state index is 0.0623. The summed E-state index contributed by atoms with van der Waals surface area (Å²) in [5, 5.41) is 23.0. The van der Waals surface area contributed by atoms with Gasteiger partial charge < -0.3 is 29.2 Å². The number of carbonyl (C=O) groups excluding carboxylic acids is 3. The summed E-state index contributed by atoms with van der Waals surface area (Å²) in [5.74, 6) is -3.52. The highest BCUT2D eigenvalue weighted by Crippen LogP contribution is 2.84. The molecule has 2 aliphatic carbocycles. The van der Waals surface area contributed by atoms with Crippen LogP contribution in [0.1, 0.15) is 40.5 Å². The number of carbonyl (C=O) groups is 3. The monoisotopic (exact) mass is 408 g/mol. The van der Waals surface area contributed by atoms with Gasteiger partial charge in [0.2, 0.25) is 11.9 Å². The van der Waals surface area contributed by atoms with E-state index in [1.54, 1.807) is 0 Å². The summed E-state index contributed by atoms with van der Waals surface area (Å²) < 4.78 is 22.9. The predicted molar refractivity (Wildman–Crippen MR) is 90.6 cm³/mol. The Balaban J connectivity index is 1.68. The van der Waals surface area contributed by atoms with Crippen LogP contribution >= 0.6 is 0 Å². The van der Waals surface area contributed by atoms with Crippen LogP contribution < -0.4 is 0 Å². The second-order valence-electron chi connectivity index (χ2n) is 10.6. The third-order valence-electron chi connectivity index (χ3n) is 8.97. The van der Waals surface area contributed by atoms with Crippen LogP contribution in [0.25, 0.3) is 0 Å². The molecule has 4 saturated heterocycles. The summed E-state index contributed by atoms with van der Waals surface area (Å²) in [4.78, 5) is 38.1. The maximum absolute atomic E-state index is 13.3. The van der Waals surface area contributed by atoms with E-state index in [9.17, 15) is 24.6 Å². The molecule has 0 aromatic rings. The van der Waals surface area contributed by atoms with Crippen molar-refractivity contribution in [3.05, 3.63) is 0 Å². The molecule has 2 spiro atoms. The van der Waals surface area contributed by atoms with Gasteiger partial charge in [0, 0.05) is 6.42 Å². The van der Waals surface area contributed by atoms with Crippen molar-refractivity contribution in [2.24, 2.45) is 28.1 Å². The molecule has 29 heavy (non-hydrogen) atoms. The van der Waals surface area contributed by atoms with Crippen LogP contribution in [0.2, 0.25) is 0 Å². The Morgan fingerprint density at radius 2 is 1.72 bits per heavy atom. The van der Waals surface area contributed by atoms with Crippen LogP contribution in [0.4, 0.5) is 0 Å². The normalized spacial score (nSPS) is 59.2. The summed E-state index contributed by atoms with van der Waals surface area (Å²) in [5.41, 5.74) is -6.81. The first kappa shape index (κ1) is 18.1. The molecule has 2 saturated carbocycles. The van der Waals surface area contributed by atoms with Gasteiger partial charge >= 0.3 is 17.9 Å². The van der Waals surface area contributed by atoms with Crippen LogP contribution in [0.5, 0.6) is 0 Å². The largest absolute Gasteiger partial charge is 0.459 e. The third kappa shape index (κ3) is 1.35. The summed E-state index contributed by atoms with van der Waals surface area (Å²) in [6.07, 6.45) is -3.96. The van der Waals surface area contributed by atoms with Crippen molar-refractivity contribution >= 4 is 17.9 Å². The standard InChI is InChI=1S/C20H24O9/c1-7-12(22)26-10-6-17-9-5-8(16(2,3)4)18(17)11(21)13(23)28-15(18)29-20(17,14(24)27-9)19(7,10)25/h7-11,15,21,25H,5-6H2,1-4H3/t7-,8?,9-,10+,11+,15+,17?,18?,19-,20?/m1/s1. The molecule has 0 aromatic heterocycles. The average Bonchev–Trinajstić information content (AvgIpc) is 3.31. The van der Waals surface area contributed by atoms with E-state index in [4.69, 9.17) is 18.9 Å². The maximum Gasteiger partial charge on any atom is 0.342 e. The van der Waals surface area contributed by atoms with Gasteiger partial charge in [-0.25, -0.2) is 9.59 Å². The van der Waals surface area contributed by atoms with Gasteiger partial charge in [-0.3, -0.25) is 4.79 Å². The lowest BCUT2D eigenvalue weighted by atomic mass is 9.51. The van der Waals surface area contributed by atoms with Crippen LogP contribution in [0.3, 0.4) is 0 Å². The van der Waals surface area contributed by atoms with Crippen LogP contribution in [0.15, 0.2) is 0 Å². The van der Waals surface area contributed by atoms with E-state index < -0.39 is 70.5 Å². The zero-order valence-electron chi connectivity index (χ0n) is 16.6. The Labute approximate surface area is 166 Å². The highest BCUT2D eigenvalue weighted by atomic mass is 16.8. The number of aliphatic hydroxyl groups is 2. The molecular weight excluding hydrogens is 384 g/mol. The number of fused-ring (bicyclic) bond motifs is 1. The second-order valence-corrected chi connectivity index (χ2v) is 10.6. The lowest BCUT2D eigenvalue weighted by Crippen LogP contribution is -2.66. The number of esters is 3. The van der Waals surface area contributed by atoms with Crippen molar-refractivity contribution in [2.45, 2.75) is 76.3 Å². The van der Waals surface area contributed by atoms with Gasteiger partial charge in [0.05, 0.1) is 16.7 Å². The first-order chi connectivity index (χ1) is 13.4. The summed E-state index contributed by atoms with van der Waals surface area (Å²) in [6.45, 7) is 7.47. The number of rotatable bonds is 0. The van der Waals surface area contributed by atoms with E-state index >= 15 is 0 Å². The molecule has 6 rings (SSSR count). The minimum Gasteiger partial charge on any atom is -0.459 e. The molecule has 4 heterocycles. The number of ether oxygens (including phenoxy) is 4. The van der Waals surface area contributed by atoms with Crippen molar-refractivity contribution in [3.63, 3.8) is 0 Å². The van der Waals surface area contributed by atoms with Crippen LogP contribution in [-0.4, -0.2) is 63.9 Å². The van der Waals surface area contributed by atoms with Crippen molar-refractivity contribution in [1.82, 2.24) is 0 Å². The first-order valence-electron chi connectivity index (χ1n) is 10.1. The lowest BCUT2D eigenvalue weighted by Gasteiger charge is -2.46. The van der Waals surface area contributed by atoms with Gasteiger partial charge in [-0.1, -0.05) is 20.8 Å². The molecule has 9 nitrogen and oxygen atoms in total. The van der Waals surface area contributed by atoms with Crippen molar-refractivity contribution in [2.75, 3.05) is 0 Å². The van der Waals surface area contributed by atoms with E-state index in [1.165, 1.54) is 6.92 Å². The molecule has 6 aliphatic rings. The van der Waals surface area contributed by atoms with Gasteiger partial charge in [0.1, 0.15) is 12.2 Å². The maximum atomic E-state index is 13.3. The Bertz CT molecular complexity index is 893. The van der Waals surface area contributed by atoms with Gasteiger partial charge in [0.25, 0.3) is 0 Å². The fourth-order valence-electron chi connectivity index (χ4n) is 8.06. The lowest BCUT2D eigenvalue weighted by molar-refractivity contribution is -0.238. The van der Waals surface area contributed by atoms with Crippen molar-refractivity contribution < 1.29 is 43.5 Å². The Kier molecular flexibility index (Phi) is 2.79. The number of aliphatic hydroxyl groups excluding tert-OH is 1. The van der Waals surface area contributed by atoms with E-state index in [0.29, 0.717) is 6.42 Å². The van der Waals surface area contributed by atoms with E-state index in [-0.39, 0.29) is 17.8 Å². The Morgan fingerprint density at radius 3 is 2.38 bits per heavy atom. The molecule has 158 valence electrons. The Hall–Kier alpha value is -1.71. The SMILES string of the molecule is C[C@@H]1C(=O)O[C@H]2CC34[C@H]5CC(C(C)(C)C)C36[C@@H](OC(=O)[C@@H]6O)OC4(C(=O)O5)[C@]21O. The Morgan fingerprint density at radius 1 is 1.03 bits per heavy atom. The van der Waals surface area contributed by atoms with Gasteiger partial charge in [-0.2, -0.15) is 0 Å². The fraction of sp³-hybridized carbons (Fsp3) is 0.850. The van der Waals surface area contributed by atoms with Crippen molar-refractivity contribution in [3.8, 4) is 0 Å². The third-order valence-corrected chi connectivity index (χ3v) is 8.97. The zero-order valence-corrected chi connectivity index (χ0v) is 16.6. The van der Waals surface area contributed by atoms with Crippen molar-refractivity contribution in [1.29, 1.82) is 0 Å². The van der Waals surface area contributed by atoms with Crippen LogP contribution in [0, 0.1) is 28.1 Å². The summed E-state index contributed by atoms with van der Waals surface area (Å²) in [7, 11) is 0. The molecule has 9 heteroatoms.